The summed E-state index contributed by atoms with van der Waals surface area (Å²) in [4.78, 5) is 18.3. The van der Waals surface area contributed by atoms with E-state index in [1.54, 1.807) is 11.3 Å². The Balaban J connectivity index is 2.19. The van der Waals surface area contributed by atoms with Gasteiger partial charge in [-0.15, -0.1) is 11.3 Å². The Labute approximate surface area is 129 Å². The fourth-order valence-corrected chi connectivity index (χ4v) is 2.88. The minimum absolute atomic E-state index is 0.0653. The summed E-state index contributed by atoms with van der Waals surface area (Å²) in [5.74, 6) is 1.55. The maximum atomic E-state index is 5.79. The third kappa shape index (κ3) is 3.68. The molecule has 0 saturated heterocycles. The number of rotatable bonds is 5. The number of thiophene rings is 1. The van der Waals surface area contributed by atoms with E-state index in [0.29, 0.717) is 11.8 Å². The van der Waals surface area contributed by atoms with Crippen molar-refractivity contribution < 1.29 is 0 Å². The Morgan fingerprint density at radius 3 is 2.52 bits per heavy atom. The molecule has 7 heteroatoms. The summed E-state index contributed by atoms with van der Waals surface area (Å²) in [6.45, 7) is 5.08. The number of nitrogens with zero attached hydrogens (tertiary/aromatic N) is 5. The van der Waals surface area contributed by atoms with Gasteiger partial charge < -0.3 is 10.6 Å². The summed E-state index contributed by atoms with van der Waals surface area (Å²) in [6, 6.07) is 2.21. The zero-order valence-electron chi connectivity index (χ0n) is 13.2. The molecule has 2 N–H and O–H groups in total. The molecular weight excluding hydrogens is 284 g/mol. The largest absolute Gasteiger partial charge is 0.368 e. The second kappa shape index (κ2) is 6.36. The van der Waals surface area contributed by atoms with Gasteiger partial charge in [0.2, 0.25) is 11.9 Å². The third-order valence-corrected chi connectivity index (χ3v) is 4.46. The zero-order chi connectivity index (χ0) is 15.6. The van der Waals surface area contributed by atoms with Gasteiger partial charge in [-0.05, 0) is 37.9 Å². The first-order valence-electron chi connectivity index (χ1n) is 6.80. The van der Waals surface area contributed by atoms with Crippen LogP contribution in [0.25, 0.3) is 0 Å². The molecule has 0 aliphatic heterocycles. The smallest absolute Gasteiger partial charge is 0.229 e. The van der Waals surface area contributed by atoms with E-state index in [4.69, 9.17) is 5.73 Å². The van der Waals surface area contributed by atoms with E-state index in [1.807, 2.05) is 19.0 Å². The molecule has 0 spiro atoms. The summed E-state index contributed by atoms with van der Waals surface area (Å²) in [5, 5.41) is 2.12. The number of nitrogens with two attached hydrogens (primary N) is 1. The van der Waals surface area contributed by atoms with Crippen molar-refractivity contribution in [3.05, 3.63) is 27.7 Å². The molecule has 0 unspecified atom stereocenters. The van der Waals surface area contributed by atoms with Crippen molar-refractivity contribution in [2.45, 2.75) is 26.4 Å². The first-order valence-corrected chi connectivity index (χ1v) is 7.68. The molecule has 0 aliphatic rings. The Kier molecular flexibility index (Phi) is 4.74. The van der Waals surface area contributed by atoms with Crippen LogP contribution >= 0.6 is 11.3 Å². The maximum Gasteiger partial charge on any atom is 0.229 e. The van der Waals surface area contributed by atoms with Crippen molar-refractivity contribution in [1.82, 2.24) is 19.9 Å². The van der Waals surface area contributed by atoms with Crippen LogP contribution in [0.4, 0.5) is 11.9 Å². The molecule has 1 atom stereocenters. The molecular formula is C14H22N6S. The molecule has 0 radical (unpaired) electrons. The molecule has 2 rings (SSSR count). The van der Waals surface area contributed by atoms with Crippen molar-refractivity contribution >= 4 is 23.2 Å². The van der Waals surface area contributed by atoms with Crippen LogP contribution in [-0.2, 0) is 6.54 Å². The minimum Gasteiger partial charge on any atom is -0.368 e. The molecule has 0 bridgehead atoms. The molecule has 2 aromatic rings. The lowest BCUT2D eigenvalue weighted by Gasteiger charge is -2.24. The van der Waals surface area contributed by atoms with Crippen LogP contribution in [0.1, 0.15) is 29.2 Å². The van der Waals surface area contributed by atoms with Crippen LogP contribution in [0, 0.1) is 6.92 Å². The second-order valence-electron chi connectivity index (χ2n) is 5.36. The van der Waals surface area contributed by atoms with Crippen LogP contribution in [0.2, 0.25) is 0 Å². The SMILES string of the molecule is Cc1ccsc1CN(C)[C@@H](C)c1nc(N)nc(N(C)C)n1. The summed E-state index contributed by atoms with van der Waals surface area (Å²) >= 11 is 1.77. The summed E-state index contributed by atoms with van der Waals surface area (Å²) < 4.78 is 0. The van der Waals surface area contributed by atoms with Crippen molar-refractivity contribution in [1.29, 1.82) is 0 Å². The van der Waals surface area contributed by atoms with Gasteiger partial charge in [-0.25, -0.2) is 0 Å². The first kappa shape index (κ1) is 15.7. The molecule has 0 fully saturated rings. The van der Waals surface area contributed by atoms with Gasteiger partial charge in [0.15, 0.2) is 5.82 Å². The van der Waals surface area contributed by atoms with Crippen LogP contribution in [0.3, 0.4) is 0 Å². The minimum atomic E-state index is 0.0653. The molecule has 0 aliphatic carbocycles. The predicted octanol–water partition coefficient (Wildman–Crippen LogP) is 2.08. The maximum absolute atomic E-state index is 5.79. The fraction of sp³-hybridized carbons (Fsp3) is 0.500. The molecule has 0 amide bonds. The van der Waals surface area contributed by atoms with Crippen LogP contribution < -0.4 is 10.6 Å². The normalized spacial score (nSPS) is 12.7. The molecule has 0 saturated carbocycles. The standard InChI is InChI=1S/C14H22N6S/c1-9-6-7-21-11(9)8-20(5)10(2)12-16-13(15)18-14(17-12)19(3)4/h6-7,10H,8H2,1-5H3,(H2,15,16,17,18)/t10-/m0/s1. The topological polar surface area (TPSA) is 71.2 Å². The van der Waals surface area contributed by atoms with E-state index in [0.717, 1.165) is 6.54 Å². The number of hydrogen-bond donors (Lipinski definition) is 1. The highest BCUT2D eigenvalue weighted by Gasteiger charge is 2.18. The van der Waals surface area contributed by atoms with Gasteiger partial charge in [-0.1, -0.05) is 0 Å². The van der Waals surface area contributed by atoms with Gasteiger partial charge in [-0.3, -0.25) is 4.90 Å². The lowest BCUT2D eigenvalue weighted by atomic mass is 10.2. The van der Waals surface area contributed by atoms with E-state index >= 15 is 0 Å². The van der Waals surface area contributed by atoms with Gasteiger partial charge in [0.1, 0.15) is 0 Å². The van der Waals surface area contributed by atoms with E-state index in [-0.39, 0.29) is 12.0 Å². The number of anilines is 2. The van der Waals surface area contributed by atoms with Gasteiger partial charge in [-0.2, -0.15) is 15.0 Å². The average Bonchev–Trinajstić information content (AvgIpc) is 2.82. The highest BCUT2D eigenvalue weighted by molar-refractivity contribution is 7.10. The highest BCUT2D eigenvalue weighted by atomic mass is 32.1. The summed E-state index contributed by atoms with van der Waals surface area (Å²) in [6.07, 6.45) is 0. The lowest BCUT2D eigenvalue weighted by Crippen LogP contribution is -2.25. The summed E-state index contributed by atoms with van der Waals surface area (Å²) in [7, 11) is 5.85. The molecule has 2 heterocycles. The fourth-order valence-electron chi connectivity index (χ4n) is 1.91. The Morgan fingerprint density at radius 2 is 1.95 bits per heavy atom. The average molecular weight is 306 g/mol. The van der Waals surface area contributed by atoms with Crippen LogP contribution in [0.5, 0.6) is 0 Å². The van der Waals surface area contributed by atoms with Crippen LogP contribution in [0.15, 0.2) is 11.4 Å². The molecule has 6 nitrogen and oxygen atoms in total. The number of aryl methyl sites for hydroxylation is 1. The molecule has 0 aromatic carbocycles. The number of nitrogen functional groups attached to an aromatic ring is 1. The zero-order valence-corrected chi connectivity index (χ0v) is 14.0. The van der Waals surface area contributed by atoms with Gasteiger partial charge in [0, 0.05) is 25.5 Å². The Morgan fingerprint density at radius 1 is 1.24 bits per heavy atom. The van der Waals surface area contributed by atoms with Crippen molar-refractivity contribution in [3.8, 4) is 0 Å². The van der Waals surface area contributed by atoms with E-state index < -0.39 is 0 Å². The number of aromatic nitrogens is 3. The Hall–Kier alpha value is -1.73. The van der Waals surface area contributed by atoms with Gasteiger partial charge in [0.05, 0.1) is 6.04 Å². The number of hydrogen-bond acceptors (Lipinski definition) is 7. The summed E-state index contributed by atoms with van der Waals surface area (Å²) in [5.41, 5.74) is 7.11. The molecule has 2 aromatic heterocycles. The van der Waals surface area contributed by atoms with Gasteiger partial charge in [0.25, 0.3) is 0 Å². The Bertz CT molecular complexity index is 609. The van der Waals surface area contributed by atoms with Gasteiger partial charge >= 0.3 is 0 Å². The van der Waals surface area contributed by atoms with Crippen molar-refractivity contribution in [2.24, 2.45) is 0 Å². The van der Waals surface area contributed by atoms with E-state index in [2.05, 4.69) is 52.2 Å². The monoisotopic (exact) mass is 306 g/mol. The van der Waals surface area contributed by atoms with Crippen LogP contribution in [-0.4, -0.2) is 41.0 Å². The van der Waals surface area contributed by atoms with Crippen molar-refractivity contribution in [2.75, 3.05) is 31.8 Å². The molecule has 21 heavy (non-hydrogen) atoms. The van der Waals surface area contributed by atoms with Crippen molar-refractivity contribution in [3.63, 3.8) is 0 Å². The van der Waals surface area contributed by atoms with E-state index in [1.165, 1.54) is 10.4 Å². The third-order valence-electron chi connectivity index (χ3n) is 3.45. The quantitative estimate of drug-likeness (QED) is 0.912. The molecule has 114 valence electrons. The lowest BCUT2D eigenvalue weighted by molar-refractivity contribution is 0.245. The van der Waals surface area contributed by atoms with E-state index in [9.17, 15) is 0 Å². The predicted molar refractivity (Wildman–Crippen MR) is 87.5 cm³/mol. The first-order chi connectivity index (χ1) is 9.88. The highest BCUT2D eigenvalue weighted by Crippen LogP contribution is 2.23. The second-order valence-corrected chi connectivity index (χ2v) is 6.36.